The van der Waals surface area contributed by atoms with Gasteiger partial charge in [0.05, 0.1) is 11.1 Å². The van der Waals surface area contributed by atoms with Gasteiger partial charge in [-0.1, -0.05) is 32.0 Å². The molecule has 0 radical (unpaired) electrons. The molecule has 0 saturated heterocycles. The highest BCUT2D eigenvalue weighted by Gasteiger charge is 2.17. The van der Waals surface area contributed by atoms with Crippen molar-refractivity contribution in [1.82, 2.24) is 9.55 Å². The first kappa shape index (κ1) is 15.9. The summed E-state index contributed by atoms with van der Waals surface area (Å²) in [6.45, 7) is 4.79. The second kappa shape index (κ2) is 6.62. The molecule has 0 fully saturated rings. The highest BCUT2D eigenvalue weighted by molar-refractivity contribution is 5.97. The van der Waals surface area contributed by atoms with Crippen molar-refractivity contribution in [2.24, 2.45) is 16.1 Å². The van der Waals surface area contributed by atoms with Gasteiger partial charge in [0.15, 0.2) is 5.69 Å². The summed E-state index contributed by atoms with van der Waals surface area (Å²) < 4.78 is 1.79. The van der Waals surface area contributed by atoms with Gasteiger partial charge in [-0.05, 0) is 24.1 Å². The van der Waals surface area contributed by atoms with Crippen LogP contribution >= 0.6 is 0 Å². The number of aromatic nitrogens is 2. The quantitative estimate of drug-likeness (QED) is 0.726. The van der Waals surface area contributed by atoms with Crippen LogP contribution in [0.4, 0.5) is 5.69 Å². The number of pyridine rings is 1. The molecular weight excluding hydrogens is 304 g/mol. The number of benzene rings is 1. The Hall–Kier alpha value is -3.02. The number of para-hydroxylation sites is 1. The van der Waals surface area contributed by atoms with Crippen LogP contribution in [0.2, 0.25) is 0 Å². The lowest BCUT2D eigenvalue weighted by atomic mass is 10.2. The minimum absolute atomic E-state index is 0.0210. The van der Waals surface area contributed by atoms with Crippen LogP contribution in [-0.2, 0) is 6.54 Å². The summed E-state index contributed by atoms with van der Waals surface area (Å²) in [6, 6.07) is 10.8. The van der Waals surface area contributed by atoms with E-state index in [2.05, 4.69) is 29.1 Å². The molecule has 2 heterocycles. The third-order valence-electron chi connectivity index (χ3n) is 3.61. The molecule has 0 aliphatic rings. The third kappa shape index (κ3) is 3.03. The Labute approximate surface area is 139 Å². The first-order valence-electron chi connectivity index (χ1n) is 7.74. The van der Waals surface area contributed by atoms with Crippen molar-refractivity contribution < 1.29 is 9.90 Å². The van der Waals surface area contributed by atoms with Crippen molar-refractivity contribution in [3.05, 3.63) is 54.4 Å². The van der Waals surface area contributed by atoms with E-state index in [1.54, 1.807) is 22.9 Å². The van der Waals surface area contributed by atoms with Crippen molar-refractivity contribution in [3.63, 3.8) is 0 Å². The van der Waals surface area contributed by atoms with Gasteiger partial charge in [0.1, 0.15) is 0 Å². The first-order valence-corrected chi connectivity index (χ1v) is 7.74. The molecule has 2 aromatic heterocycles. The van der Waals surface area contributed by atoms with E-state index in [1.165, 1.54) is 6.20 Å². The van der Waals surface area contributed by atoms with Crippen LogP contribution in [0.5, 0.6) is 5.88 Å². The summed E-state index contributed by atoms with van der Waals surface area (Å²) in [7, 11) is 0. The number of amides is 1. The first-order chi connectivity index (χ1) is 11.6. The van der Waals surface area contributed by atoms with E-state index in [0.29, 0.717) is 23.7 Å². The molecule has 3 rings (SSSR count). The van der Waals surface area contributed by atoms with E-state index in [4.69, 9.17) is 0 Å². The number of rotatable bonds is 4. The van der Waals surface area contributed by atoms with Gasteiger partial charge in [-0.3, -0.25) is 9.78 Å². The lowest BCUT2D eigenvalue weighted by molar-refractivity contribution is 0.0994. The third-order valence-corrected chi connectivity index (χ3v) is 3.61. The molecule has 1 amide bonds. The Bertz CT molecular complexity index is 898. The normalized spacial score (nSPS) is 11.6. The van der Waals surface area contributed by atoms with Crippen molar-refractivity contribution in [2.75, 3.05) is 0 Å². The van der Waals surface area contributed by atoms with Crippen LogP contribution in [-0.4, -0.2) is 20.6 Å². The zero-order valence-electron chi connectivity index (χ0n) is 13.5. The van der Waals surface area contributed by atoms with Gasteiger partial charge < -0.3 is 9.67 Å². The number of hydrogen-bond acceptors (Lipinski definition) is 4. The monoisotopic (exact) mass is 322 g/mol. The molecule has 1 aromatic carbocycles. The summed E-state index contributed by atoms with van der Waals surface area (Å²) in [4.78, 5) is 16.0. The highest BCUT2D eigenvalue weighted by atomic mass is 16.3. The van der Waals surface area contributed by atoms with Crippen LogP contribution < -0.4 is 0 Å². The lowest BCUT2D eigenvalue weighted by Gasteiger charge is -2.09. The Morgan fingerprint density at radius 3 is 2.75 bits per heavy atom. The number of aromatic hydroxyl groups is 1. The molecule has 0 aliphatic carbocycles. The topological polar surface area (TPSA) is 79.8 Å². The van der Waals surface area contributed by atoms with Crippen LogP contribution in [0.15, 0.2) is 59.0 Å². The fourth-order valence-corrected chi connectivity index (χ4v) is 2.56. The average Bonchev–Trinajstić information content (AvgIpc) is 2.85. The zero-order chi connectivity index (χ0) is 17.1. The Morgan fingerprint density at radius 1 is 1.25 bits per heavy atom. The van der Waals surface area contributed by atoms with Crippen LogP contribution in [0.25, 0.3) is 10.9 Å². The summed E-state index contributed by atoms with van der Waals surface area (Å²) in [6.07, 6.45) is 3.02. The number of hydrogen-bond donors (Lipinski definition) is 1. The van der Waals surface area contributed by atoms with Crippen molar-refractivity contribution in [3.8, 4) is 5.88 Å². The van der Waals surface area contributed by atoms with E-state index >= 15 is 0 Å². The molecule has 0 aliphatic heterocycles. The van der Waals surface area contributed by atoms with Crippen LogP contribution in [0.1, 0.15) is 24.2 Å². The largest absolute Gasteiger partial charge is 0.493 e. The Balaban J connectivity index is 2.02. The molecule has 6 nitrogen and oxygen atoms in total. The van der Waals surface area contributed by atoms with Gasteiger partial charge in [0.2, 0.25) is 5.88 Å². The van der Waals surface area contributed by atoms with Gasteiger partial charge in [-0.15, -0.1) is 10.2 Å². The summed E-state index contributed by atoms with van der Waals surface area (Å²) >= 11 is 0. The van der Waals surface area contributed by atoms with Gasteiger partial charge in [0, 0.05) is 24.3 Å². The van der Waals surface area contributed by atoms with Crippen molar-refractivity contribution in [1.29, 1.82) is 0 Å². The SMILES string of the molecule is CC(C)Cn1c(O)c(N=NC(=O)c2cccnc2)c2ccccc21. The van der Waals surface area contributed by atoms with Crippen molar-refractivity contribution >= 4 is 22.5 Å². The summed E-state index contributed by atoms with van der Waals surface area (Å²) in [5, 5.41) is 19.0. The second-order valence-electron chi connectivity index (χ2n) is 5.94. The molecule has 3 aromatic rings. The number of fused-ring (bicyclic) bond motifs is 1. The maximum atomic E-state index is 12.1. The van der Waals surface area contributed by atoms with Gasteiger partial charge in [-0.25, -0.2) is 0 Å². The lowest BCUT2D eigenvalue weighted by Crippen LogP contribution is -2.03. The van der Waals surface area contributed by atoms with E-state index in [9.17, 15) is 9.90 Å². The second-order valence-corrected chi connectivity index (χ2v) is 5.94. The Kier molecular flexibility index (Phi) is 4.37. The number of carbonyl (C=O) groups is 1. The van der Waals surface area contributed by atoms with Gasteiger partial charge in [0.25, 0.3) is 5.91 Å². The maximum absolute atomic E-state index is 12.1. The molecule has 122 valence electrons. The molecule has 0 saturated carbocycles. The molecule has 0 atom stereocenters. The molecule has 1 N–H and O–H groups in total. The van der Waals surface area contributed by atoms with E-state index in [0.717, 1.165) is 10.9 Å². The fraction of sp³-hybridized carbons (Fsp3) is 0.222. The minimum Gasteiger partial charge on any atom is -0.493 e. The number of nitrogens with zero attached hydrogens (tertiary/aromatic N) is 4. The van der Waals surface area contributed by atoms with E-state index in [1.807, 2.05) is 24.3 Å². The Morgan fingerprint density at radius 2 is 2.04 bits per heavy atom. The number of azo groups is 1. The zero-order valence-corrected chi connectivity index (χ0v) is 13.5. The fourth-order valence-electron chi connectivity index (χ4n) is 2.56. The standard InChI is InChI=1S/C18H18N4O2/c1-12(2)11-22-15-8-4-3-7-14(15)16(18(22)24)20-21-17(23)13-6-5-9-19-10-13/h3-10,12,24H,11H2,1-2H3. The maximum Gasteiger partial charge on any atom is 0.296 e. The predicted molar refractivity (Wildman–Crippen MR) is 91.5 cm³/mol. The van der Waals surface area contributed by atoms with Gasteiger partial charge >= 0.3 is 0 Å². The average molecular weight is 322 g/mol. The number of carbonyl (C=O) groups excluding carboxylic acids is 1. The summed E-state index contributed by atoms with van der Waals surface area (Å²) in [5.41, 5.74) is 1.53. The predicted octanol–water partition coefficient (Wildman–Crippen LogP) is 4.32. The molecule has 0 unspecified atom stereocenters. The smallest absolute Gasteiger partial charge is 0.296 e. The molecule has 0 spiro atoms. The van der Waals surface area contributed by atoms with Crippen molar-refractivity contribution in [2.45, 2.75) is 20.4 Å². The van der Waals surface area contributed by atoms with Gasteiger partial charge in [-0.2, -0.15) is 0 Å². The molecular formula is C18H18N4O2. The molecule has 24 heavy (non-hydrogen) atoms. The van der Waals surface area contributed by atoms with Crippen LogP contribution in [0, 0.1) is 5.92 Å². The van der Waals surface area contributed by atoms with E-state index < -0.39 is 5.91 Å². The molecule has 6 heteroatoms. The highest BCUT2D eigenvalue weighted by Crippen LogP contribution is 2.39. The van der Waals surface area contributed by atoms with Crippen LogP contribution in [0.3, 0.4) is 0 Å². The minimum atomic E-state index is -0.497. The van der Waals surface area contributed by atoms with E-state index in [-0.39, 0.29) is 5.88 Å². The molecule has 0 bridgehead atoms. The summed E-state index contributed by atoms with van der Waals surface area (Å²) in [5.74, 6) is -0.121.